The summed E-state index contributed by atoms with van der Waals surface area (Å²) in [5.41, 5.74) is 0.468. The van der Waals surface area contributed by atoms with Crippen LogP contribution in [0.2, 0.25) is 10.0 Å². The van der Waals surface area contributed by atoms with Gasteiger partial charge in [0.1, 0.15) is 0 Å². The number of nitrogens with one attached hydrogen (secondary N) is 3. The maximum Gasteiger partial charge on any atom is 0.251 e. The van der Waals surface area contributed by atoms with Gasteiger partial charge in [-0.3, -0.25) is 9.79 Å². The van der Waals surface area contributed by atoms with E-state index in [1.54, 1.807) is 32.4 Å². The van der Waals surface area contributed by atoms with E-state index in [-0.39, 0.29) is 11.9 Å². The lowest BCUT2D eigenvalue weighted by Gasteiger charge is -2.17. The summed E-state index contributed by atoms with van der Waals surface area (Å²) in [5, 5.41) is 9.85. The number of hydrogen-bond acceptors (Lipinski definition) is 3. The first kappa shape index (κ1) is 19.5. The van der Waals surface area contributed by atoms with Crippen molar-refractivity contribution in [3.8, 4) is 0 Å². The number of carbonyl (C=O) groups is 1. The number of nitrogens with zero attached hydrogens (tertiary/aromatic N) is 1. The van der Waals surface area contributed by atoms with E-state index in [1.165, 1.54) is 0 Å². The van der Waals surface area contributed by atoms with Crippen LogP contribution < -0.4 is 16.0 Å². The first-order chi connectivity index (χ1) is 11.0. The van der Waals surface area contributed by atoms with Crippen molar-refractivity contribution >= 4 is 35.1 Å². The summed E-state index contributed by atoms with van der Waals surface area (Å²) in [5.74, 6) is 0.444. The Hall–Kier alpha value is -1.50. The summed E-state index contributed by atoms with van der Waals surface area (Å²) in [6.07, 6.45) is 0. The number of carbonyl (C=O) groups excluding carboxylic acids is 1. The fraction of sp³-hybridized carbons (Fsp3) is 0.467. The molecule has 0 spiro atoms. The number of rotatable bonds is 7. The Morgan fingerprint density at radius 2 is 1.96 bits per heavy atom. The Balaban J connectivity index is 2.35. The van der Waals surface area contributed by atoms with Crippen LogP contribution in [0.15, 0.2) is 23.2 Å². The fourth-order valence-electron chi connectivity index (χ4n) is 1.82. The largest absolute Gasteiger partial charge is 0.383 e. The molecule has 3 N–H and O–H groups in total. The summed E-state index contributed by atoms with van der Waals surface area (Å²) in [7, 11) is 3.33. The lowest BCUT2D eigenvalue weighted by molar-refractivity contribution is 0.0954. The average molecular weight is 361 g/mol. The van der Waals surface area contributed by atoms with E-state index in [0.29, 0.717) is 41.3 Å². The van der Waals surface area contributed by atoms with Crippen LogP contribution in [0.1, 0.15) is 17.3 Å². The first-order valence-electron chi connectivity index (χ1n) is 7.17. The van der Waals surface area contributed by atoms with Crippen LogP contribution in [0, 0.1) is 0 Å². The molecule has 0 heterocycles. The fourth-order valence-corrected chi connectivity index (χ4v) is 2.11. The van der Waals surface area contributed by atoms with Gasteiger partial charge in [-0.1, -0.05) is 23.2 Å². The van der Waals surface area contributed by atoms with Gasteiger partial charge in [0, 0.05) is 38.9 Å². The second-order valence-electron chi connectivity index (χ2n) is 4.88. The zero-order valence-corrected chi connectivity index (χ0v) is 15.0. The van der Waals surface area contributed by atoms with Crippen molar-refractivity contribution in [2.75, 3.05) is 33.9 Å². The van der Waals surface area contributed by atoms with E-state index < -0.39 is 0 Å². The number of halogens is 2. The Morgan fingerprint density at radius 1 is 1.26 bits per heavy atom. The maximum absolute atomic E-state index is 12.0. The normalized spacial score (nSPS) is 12.7. The van der Waals surface area contributed by atoms with E-state index in [1.807, 2.05) is 6.92 Å². The van der Waals surface area contributed by atoms with Gasteiger partial charge in [-0.05, 0) is 25.1 Å². The van der Waals surface area contributed by atoms with E-state index in [0.717, 1.165) is 0 Å². The molecular formula is C15H22Cl2N4O2. The van der Waals surface area contributed by atoms with Crippen LogP contribution in [-0.4, -0.2) is 51.8 Å². The number of hydrogen-bond donors (Lipinski definition) is 3. The third-order valence-corrected chi connectivity index (χ3v) is 3.65. The van der Waals surface area contributed by atoms with Crippen LogP contribution in [0.25, 0.3) is 0 Å². The number of ether oxygens (including phenoxy) is 1. The lowest BCUT2D eigenvalue weighted by atomic mass is 10.2. The first-order valence-corrected chi connectivity index (χ1v) is 7.93. The molecule has 0 saturated heterocycles. The van der Waals surface area contributed by atoms with E-state index in [9.17, 15) is 4.79 Å². The Kier molecular flexibility index (Phi) is 8.76. The quantitative estimate of drug-likeness (QED) is 0.394. The third kappa shape index (κ3) is 7.07. The van der Waals surface area contributed by atoms with Gasteiger partial charge in [-0.25, -0.2) is 0 Å². The smallest absolute Gasteiger partial charge is 0.251 e. The molecular weight excluding hydrogens is 339 g/mol. The average Bonchev–Trinajstić information content (AvgIpc) is 2.52. The van der Waals surface area contributed by atoms with E-state index in [4.69, 9.17) is 27.9 Å². The second-order valence-corrected chi connectivity index (χ2v) is 5.70. The van der Waals surface area contributed by atoms with Crippen molar-refractivity contribution in [1.82, 2.24) is 16.0 Å². The van der Waals surface area contributed by atoms with Crippen molar-refractivity contribution in [2.45, 2.75) is 13.0 Å². The maximum atomic E-state index is 12.0. The molecule has 0 aliphatic carbocycles. The highest BCUT2D eigenvalue weighted by Crippen LogP contribution is 2.22. The topological polar surface area (TPSA) is 74.8 Å². The van der Waals surface area contributed by atoms with E-state index in [2.05, 4.69) is 20.9 Å². The summed E-state index contributed by atoms with van der Waals surface area (Å²) >= 11 is 11.7. The number of guanidine groups is 1. The number of amides is 1. The molecule has 6 nitrogen and oxygen atoms in total. The summed E-state index contributed by atoms with van der Waals surface area (Å²) < 4.78 is 5.05. The zero-order chi connectivity index (χ0) is 17.2. The Labute approximate surface area is 146 Å². The minimum atomic E-state index is -0.207. The van der Waals surface area contributed by atoms with E-state index >= 15 is 0 Å². The summed E-state index contributed by atoms with van der Waals surface area (Å²) in [6.45, 7) is 3.54. The minimum Gasteiger partial charge on any atom is -0.383 e. The molecule has 1 aromatic carbocycles. The molecule has 0 aliphatic heterocycles. The van der Waals surface area contributed by atoms with Gasteiger partial charge >= 0.3 is 0 Å². The molecule has 0 aliphatic rings. The second kappa shape index (κ2) is 10.3. The van der Waals surface area contributed by atoms with Gasteiger partial charge in [0.25, 0.3) is 5.91 Å². The lowest BCUT2D eigenvalue weighted by Crippen LogP contribution is -2.46. The van der Waals surface area contributed by atoms with Crippen LogP contribution >= 0.6 is 23.2 Å². The predicted molar refractivity (Wildman–Crippen MR) is 94.6 cm³/mol. The Morgan fingerprint density at radius 3 is 2.57 bits per heavy atom. The van der Waals surface area contributed by atoms with Gasteiger partial charge in [-0.2, -0.15) is 0 Å². The molecule has 1 amide bonds. The minimum absolute atomic E-state index is 0.136. The molecule has 23 heavy (non-hydrogen) atoms. The van der Waals surface area contributed by atoms with Gasteiger partial charge < -0.3 is 20.7 Å². The van der Waals surface area contributed by atoms with Crippen LogP contribution in [0.5, 0.6) is 0 Å². The summed E-state index contributed by atoms with van der Waals surface area (Å²) in [4.78, 5) is 16.1. The molecule has 0 aromatic heterocycles. The highest BCUT2D eigenvalue weighted by atomic mass is 35.5. The monoisotopic (exact) mass is 360 g/mol. The highest BCUT2D eigenvalue weighted by Gasteiger charge is 2.08. The summed E-state index contributed by atoms with van der Waals surface area (Å²) in [6, 6.07) is 4.90. The molecule has 1 unspecified atom stereocenters. The van der Waals surface area contributed by atoms with Crippen LogP contribution in [-0.2, 0) is 4.74 Å². The van der Waals surface area contributed by atoms with Gasteiger partial charge in [0.15, 0.2) is 5.96 Å². The molecule has 128 valence electrons. The SMILES string of the molecule is CN=C(NCCNC(=O)c1ccc(Cl)c(Cl)c1)NC(C)COC. The van der Waals surface area contributed by atoms with Gasteiger partial charge in [-0.15, -0.1) is 0 Å². The van der Waals surface area contributed by atoms with Gasteiger partial charge in [0.2, 0.25) is 0 Å². The molecule has 0 saturated carbocycles. The number of benzene rings is 1. The predicted octanol–water partition coefficient (Wildman–Crippen LogP) is 1.92. The van der Waals surface area contributed by atoms with Gasteiger partial charge in [0.05, 0.1) is 16.7 Å². The van der Waals surface area contributed by atoms with Crippen molar-refractivity contribution < 1.29 is 9.53 Å². The standard InChI is InChI=1S/C15H22Cl2N4O2/c1-10(9-23-3)21-15(18-2)20-7-6-19-14(22)11-4-5-12(16)13(17)8-11/h4-5,8,10H,6-7,9H2,1-3H3,(H,19,22)(H2,18,20,21). The molecule has 0 bridgehead atoms. The van der Waals surface area contributed by atoms with Crippen molar-refractivity contribution in [3.63, 3.8) is 0 Å². The van der Waals surface area contributed by atoms with Crippen molar-refractivity contribution in [3.05, 3.63) is 33.8 Å². The van der Waals surface area contributed by atoms with Crippen LogP contribution in [0.4, 0.5) is 0 Å². The Bertz CT molecular complexity index is 552. The van der Waals surface area contributed by atoms with Crippen molar-refractivity contribution in [2.24, 2.45) is 4.99 Å². The molecule has 1 atom stereocenters. The van der Waals surface area contributed by atoms with Crippen molar-refractivity contribution in [1.29, 1.82) is 0 Å². The molecule has 1 rings (SSSR count). The van der Waals surface area contributed by atoms with Crippen LogP contribution in [0.3, 0.4) is 0 Å². The molecule has 0 radical (unpaired) electrons. The number of aliphatic imine (C=N–C) groups is 1. The molecule has 8 heteroatoms. The highest BCUT2D eigenvalue weighted by molar-refractivity contribution is 6.42. The molecule has 0 fully saturated rings. The molecule has 1 aromatic rings. The third-order valence-electron chi connectivity index (χ3n) is 2.91. The number of methoxy groups -OCH3 is 1. The zero-order valence-electron chi connectivity index (χ0n) is 13.5.